The van der Waals surface area contributed by atoms with E-state index in [2.05, 4.69) is 15.5 Å². The van der Waals surface area contributed by atoms with Gasteiger partial charge >= 0.3 is 0 Å². The van der Waals surface area contributed by atoms with E-state index in [0.29, 0.717) is 43.1 Å². The van der Waals surface area contributed by atoms with Crippen LogP contribution in [0.15, 0.2) is 66.7 Å². The van der Waals surface area contributed by atoms with E-state index in [9.17, 15) is 23.2 Å². The maximum atomic E-state index is 14.1. The second-order valence-corrected chi connectivity index (χ2v) is 10.3. The highest BCUT2D eigenvalue weighted by atomic mass is 19.1. The number of nitrogens with zero attached hydrogens (tertiary/aromatic N) is 2. The maximum Gasteiger partial charge on any atom is 0.258 e. The van der Waals surface area contributed by atoms with E-state index in [1.165, 1.54) is 30.3 Å². The van der Waals surface area contributed by atoms with Crippen molar-refractivity contribution in [3.8, 4) is 0 Å². The van der Waals surface area contributed by atoms with Crippen molar-refractivity contribution in [2.75, 3.05) is 36.4 Å². The second kappa shape index (κ2) is 12.3. The summed E-state index contributed by atoms with van der Waals surface area (Å²) in [4.78, 5) is 43.0. The minimum atomic E-state index is -0.640. The van der Waals surface area contributed by atoms with Crippen LogP contribution in [0, 0.1) is 17.6 Å². The predicted octanol–water partition coefficient (Wildman–Crippen LogP) is 4.99. The number of piperazine rings is 1. The van der Waals surface area contributed by atoms with E-state index in [1.54, 1.807) is 36.4 Å². The van der Waals surface area contributed by atoms with Crippen molar-refractivity contribution in [1.29, 1.82) is 0 Å². The van der Waals surface area contributed by atoms with Gasteiger partial charge in [-0.25, -0.2) is 8.78 Å². The van der Waals surface area contributed by atoms with Gasteiger partial charge in [0.2, 0.25) is 5.91 Å². The molecule has 0 atom stereocenters. The number of nitrogens with one attached hydrogen (secondary N) is 2. The molecular weight excluding hydrogens is 514 g/mol. The molecule has 9 heteroatoms. The topological polar surface area (TPSA) is 81.8 Å². The lowest BCUT2D eigenvalue weighted by atomic mass is 10.1. The van der Waals surface area contributed by atoms with Gasteiger partial charge in [-0.15, -0.1) is 0 Å². The summed E-state index contributed by atoms with van der Waals surface area (Å²) in [5.74, 6) is -1.65. The number of anilines is 2. The van der Waals surface area contributed by atoms with Crippen LogP contribution < -0.4 is 15.5 Å². The lowest BCUT2D eigenvalue weighted by molar-refractivity contribution is -0.135. The minimum Gasteiger partial charge on any atom is -0.367 e. The lowest BCUT2D eigenvalue weighted by Crippen LogP contribution is -2.50. The standard InChI is InChI=1S/C31H32F2N4O3/c32-23-11-9-21(10-12-23)20-34-29(38)26-19-24(35-30(39)25-7-3-4-8-27(25)33)13-14-28(26)36-15-17-37(18-16-36)31(40)22-5-1-2-6-22/h3-4,7-14,19,22H,1-2,5-6,15-18,20H2,(H,34,38)(H,35,39). The zero-order valence-electron chi connectivity index (χ0n) is 22.2. The first kappa shape index (κ1) is 27.3. The van der Waals surface area contributed by atoms with Crippen LogP contribution in [-0.4, -0.2) is 48.8 Å². The Bertz CT molecular complexity index is 1380. The molecule has 3 amide bonds. The fraction of sp³-hybridized carbons (Fsp3) is 0.323. The molecule has 2 N–H and O–H groups in total. The summed E-state index contributed by atoms with van der Waals surface area (Å²) in [5.41, 5.74) is 1.99. The molecule has 0 bridgehead atoms. The Labute approximate surface area is 232 Å². The highest BCUT2D eigenvalue weighted by Crippen LogP contribution is 2.29. The molecule has 5 rings (SSSR count). The quantitative estimate of drug-likeness (QED) is 0.438. The van der Waals surface area contributed by atoms with E-state index in [1.807, 2.05) is 4.90 Å². The Hall–Kier alpha value is -4.27. The molecule has 2 fully saturated rings. The minimum absolute atomic E-state index is 0.100. The number of carbonyl (C=O) groups excluding carboxylic acids is 3. The third-order valence-electron chi connectivity index (χ3n) is 7.62. The van der Waals surface area contributed by atoms with Crippen molar-refractivity contribution in [3.05, 3.63) is 95.1 Å². The van der Waals surface area contributed by atoms with E-state index in [4.69, 9.17) is 0 Å². The molecule has 2 aliphatic rings. The van der Waals surface area contributed by atoms with E-state index in [-0.39, 0.29) is 35.7 Å². The number of hydrogen-bond donors (Lipinski definition) is 2. The van der Waals surface area contributed by atoms with E-state index in [0.717, 1.165) is 31.2 Å². The van der Waals surface area contributed by atoms with Crippen molar-refractivity contribution < 1.29 is 23.2 Å². The smallest absolute Gasteiger partial charge is 0.258 e. The molecule has 208 valence electrons. The average Bonchev–Trinajstić information content (AvgIpc) is 3.52. The Balaban J connectivity index is 1.34. The summed E-state index contributed by atoms with van der Waals surface area (Å²) in [5, 5.41) is 5.56. The van der Waals surface area contributed by atoms with Gasteiger partial charge in [-0.2, -0.15) is 0 Å². The Kier molecular flexibility index (Phi) is 8.38. The van der Waals surface area contributed by atoms with Crippen LogP contribution in [0.2, 0.25) is 0 Å². The largest absolute Gasteiger partial charge is 0.367 e. The molecule has 1 aliphatic carbocycles. The molecule has 1 saturated heterocycles. The Morgan fingerprint density at radius 2 is 1.50 bits per heavy atom. The summed E-state index contributed by atoms with van der Waals surface area (Å²) in [7, 11) is 0. The van der Waals surface area contributed by atoms with Crippen LogP contribution in [0.4, 0.5) is 20.2 Å². The molecule has 7 nitrogen and oxygen atoms in total. The number of carbonyl (C=O) groups is 3. The number of rotatable bonds is 7. The fourth-order valence-corrected chi connectivity index (χ4v) is 5.39. The SMILES string of the molecule is O=C(Nc1ccc(N2CCN(C(=O)C3CCCC3)CC2)c(C(=O)NCc2ccc(F)cc2)c1)c1ccccc1F. The van der Waals surface area contributed by atoms with Gasteiger partial charge in [0.15, 0.2) is 0 Å². The number of benzene rings is 3. The van der Waals surface area contributed by atoms with Crippen LogP contribution >= 0.6 is 0 Å². The molecule has 40 heavy (non-hydrogen) atoms. The Morgan fingerprint density at radius 1 is 0.800 bits per heavy atom. The van der Waals surface area contributed by atoms with Gasteiger partial charge < -0.3 is 20.4 Å². The van der Waals surface area contributed by atoms with Crippen LogP contribution in [0.5, 0.6) is 0 Å². The van der Waals surface area contributed by atoms with Gasteiger partial charge in [0, 0.05) is 50.0 Å². The van der Waals surface area contributed by atoms with Crippen molar-refractivity contribution >= 4 is 29.1 Å². The molecule has 1 heterocycles. The summed E-state index contributed by atoms with van der Waals surface area (Å²) < 4.78 is 27.4. The molecule has 0 radical (unpaired) electrons. The highest BCUT2D eigenvalue weighted by molar-refractivity contribution is 6.06. The normalized spacial score (nSPS) is 15.7. The first-order chi connectivity index (χ1) is 19.4. The molecule has 1 saturated carbocycles. The van der Waals surface area contributed by atoms with Crippen LogP contribution in [0.1, 0.15) is 52.0 Å². The van der Waals surface area contributed by atoms with Gasteiger partial charge in [0.25, 0.3) is 11.8 Å². The molecule has 1 aliphatic heterocycles. The van der Waals surface area contributed by atoms with Crippen LogP contribution in [-0.2, 0) is 11.3 Å². The zero-order valence-corrected chi connectivity index (χ0v) is 22.2. The fourth-order valence-electron chi connectivity index (χ4n) is 5.39. The Morgan fingerprint density at radius 3 is 2.20 bits per heavy atom. The van der Waals surface area contributed by atoms with E-state index < -0.39 is 11.7 Å². The molecule has 0 unspecified atom stereocenters. The van der Waals surface area contributed by atoms with Crippen LogP contribution in [0.3, 0.4) is 0 Å². The second-order valence-electron chi connectivity index (χ2n) is 10.3. The van der Waals surface area contributed by atoms with Crippen LogP contribution in [0.25, 0.3) is 0 Å². The van der Waals surface area contributed by atoms with Crippen molar-refractivity contribution in [2.45, 2.75) is 32.2 Å². The third-order valence-corrected chi connectivity index (χ3v) is 7.62. The highest BCUT2D eigenvalue weighted by Gasteiger charge is 2.30. The number of halogens is 2. The number of amides is 3. The maximum absolute atomic E-state index is 14.1. The first-order valence-electron chi connectivity index (χ1n) is 13.7. The predicted molar refractivity (Wildman–Crippen MR) is 149 cm³/mol. The summed E-state index contributed by atoms with van der Waals surface area (Å²) in [6.07, 6.45) is 4.12. The van der Waals surface area contributed by atoms with Gasteiger partial charge in [-0.1, -0.05) is 37.1 Å². The summed E-state index contributed by atoms with van der Waals surface area (Å²) in [6.45, 7) is 2.46. The van der Waals surface area contributed by atoms with Crippen molar-refractivity contribution in [2.24, 2.45) is 5.92 Å². The van der Waals surface area contributed by atoms with Crippen molar-refractivity contribution in [3.63, 3.8) is 0 Å². The van der Waals surface area contributed by atoms with Gasteiger partial charge in [0.1, 0.15) is 11.6 Å². The average molecular weight is 547 g/mol. The van der Waals surface area contributed by atoms with Gasteiger partial charge in [-0.05, 0) is 60.9 Å². The monoisotopic (exact) mass is 546 g/mol. The van der Waals surface area contributed by atoms with Gasteiger partial charge in [-0.3, -0.25) is 14.4 Å². The molecule has 3 aromatic rings. The summed E-state index contributed by atoms with van der Waals surface area (Å²) in [6, 6.07) is 16.6. The van der Waals surface area contributed by atoms with Crippen molar-refractivity contribution in [1.82, 2.24) is 10.2 Å². The zero-order chi connectivity index (χ0) is 28.1. The molecule has 0 spiro atoms. The first-order valence-corrected chi connectivity index (χ1v) is 13.7. The number of hydrogen-bond acceptors (Lipinski definition) is 4. The third kappa shape index (κ3) is 6.30. The van der Waals surface area contributed by atoms with E-state index >= 15 is 0 Å². The molecule has 3 aromatic carbocycles. The lowest BCUT2D eigenvalue weighted by Gasteiger charge is -2.38. The molecular formula is C31H32F2N4O3. The molecule has 0 aromatic heterocycles. The van der Waals surface area contributed by atoms with Gasteiger partial charge in [0.05, 0.1) is 11.1 Å². The summed E-state index contributed by atoms with van der Waals surface area (Å²) >= 11 is 0.